The van der Waals surface area contributed by atoms with E-state index in [-0.39, 0.29) is 11.8 Å². The Morgan fingerprint density at radius 3 is 2.89 bits per heavy atom. The number of rotatable bonds is 3. The molecule has 1 saturated heterocycles. The number of hydrogen-bond donors (Lipinski definition) is 0. The zero-order chi connectivity index (χ0) is 19.1. The Bertz CT molecular complexity index is 904. The number of anilines is 1. The minimum atomic E-state index is -0.0639. The number of methoxy groups -OCH3 is 1. The van der Waals surface area contributed by atoms with Gasteiger partial charge in [0, 0.05) is 31.9 Å². The van der Waals surface area contributed by atoms with Crippen molar-refractivity contribution in [3.8, 4) is 5.88 Å². The molecule has 2 aliphatic heterocycles. The van der Waals surface area contributed by atoms with Crippen molar-refractivity contribution in [2.24, 2.45) is 5.92 Å². The molecule has 1 fully saturated rings. The molecule has 27 heavy (non-hydrogen) atoms. The molecule has 0 aromatic carbocycles. The molecular formula is C19H22ClN5O2. The summed E-state index contributed by atoms with van der Waals surface area (Å²) in [4.78, 5) is 30.3. The lowest BCUT2D eigenvalue weighted by Crippen LogP contribution is -2.34. The molecule has 142 valence electrons. The second kappa shape index (κ2) is 6.96. The van der Waals surface area contributed by atoms with Crippen LogP contribution in [0, 0.1) is 19.8 Å². The number of nitrogens with zero attached hydrogens (tertiary/aromatic N) is 5. The van der Waals surface area contributed by atoms with E-state index in [9.17, 15) is 4.79 Å². The molecule has 0 aliphatic carbocycles. The van der Waals surface area contributed by atoms with Gasteiger partial charge in [-0.25, -0.2) is 4.98 Å². The number of amides is 1. The van der Waals surface area contributed by atoms with Crippen LogP contribution in [0.5, 0.6) is 5.88 Å². The molecule has 0 N–H and O–H groups in total. The van der Waals surface area contributed by atoms with E-state index in [0.717, 1.165) is 35.5 Å². The third-order valence-electron chi connectivity index (χ3n) is 5.40. The first-order valence-electron chi connectivity index (χ1n) is 9.03. The molecule has 1 unspecified atom stereocenters. The van der Waals surface area contributed by atoms with Crippen molar-refractivity contribution in [3.63, 3.8) is 0 Å². The second-order valence-electron chi connectivity index (χ2n) is 7.09. The fourth-order valence-electron chi connectivity index (χ4n) is 3.86. The molecule has 1 atom stereocenters. The number of fused-ring (bicyclic) bond motifs is 1. The summed E-state index contributed by atoms with van der Waals surface area (Å²) in [5.74, 6) is 1.23. The first kappa shape index (κ1) is 18.0. The summed E-state index contributed by atoms with van der Waals surface area (Å²) in [5, 5.41) is 0.699. The Hall–Kier alpha value is -2.41. The molecule has 0 spiro atoms. The second-order valence-corrected chi connectivity index (χ2v) is 7.46. The maximum Gasteiger partial charge on any atom is 0.228 e. The van der Waals surface area contributed by atoms with E-state index < -0.39 is 0 Å². The minimum Gasteiger partial charge on any atom is -0.481 e. The zero-order valence-corrected chi connectivity index (χ0v) is 16.5. The molecule has 0 radical (unpaired) electrons. The van der Waals surface area contributed by atoms with Gasteiger partial charge in [0.1, 0.15) is 0 Å². The number of halogens is 1. The standard InChI is InChI=1S/C19H22ClN5O2/c1-11-14-9-25(10-15(14)22-12(2)17(11)20)18(26)13-5-7-24(8-13)19-21-6-4-16(23-19)27-3/h4,6,13H,5,7-10H2,1-3H3. The first-order valence-corrected chi connectivity index (χ1v) is 9.41. The van der Waals surface area contributed by atoms with E-state index in [2.05, 4.69) is 15.0 Å². The number of pyridine rings is 1. The summed E-state index contributed by atoms with van der Waals surface area (Å²) < 4.78 is 5.17. The highest BCUT2D eigenvalue weighted by molar-refractivity contribution is 6.32. The normalized spacial score (nSPS) is 18.7. The number of carbonyl (C=O) groups excluding carboxylic acids is 1. The molecule has 8 heteroatoms. The predicted octanol–water partition coefficient (Wildman–Crippen LogP) is 2.52. The van der Waals surface area contributed by atoms with Gasteiger partial charge in [-0.15, -0.1) is 0 Å². The Labute approximate surface area is 163 Å². The molecule has 7 nitrogen and oxygen atoms in total. The monoisotopic (exact) mass is 387 g/mol. The highest BCUT2D eigenvalue weighted by Gasteiger charge is 2.36. The molecule has 0 bridgehead atoms. The van der Waals surface area contributed by atoms with Crippen LogP contribution in [0.25, 0.3) is 0 Å². The number of aryl methyl sites for hydroxylation is 1. The highest BCUT2D eigenvalue weighted by atomic mass is 35.5. The van der Waals surface area contributed by atoms with E-state index in [0.29, 0.717) is 36.5 Å². The lowest BCUT2D eigenvalue weighted by molar-refractivity contribution is -0.135. The third kappa shape index (κ3) is 3.20. The quantitative estimate of drug-likeness (QED) is 0.805. The van der Waals surface area contributed by atoms with Crippen LogP contribution in [0.3, 0.4) is 0 Å². The molecule has 1 amide bonds. The van der Waals surface area contributed by atoms with Crippen LogP contribution in [0.15, 0.2) is 12.3 Å². The minimum absolute atomic E-state index is 0.0639. The first-order chi connectivity index (χ1) is 13.0. The largest absolute Gasteiger partial charge is 0.481 e. The molecular weight excluding hydrogens is 366 g/mol. The average Bonchev–Trinajstić information content (AvgIpc) is 3.33. The predicted molar refractivity (Wildman–Crippen MR) is 102 cm³/mol. The van der Waals surface area contributed by atoms with Gasteiger partial charge in [-0.2, -0.15) is 4.98 Å². The number of carbonyl (C=O) groups is 1. The molecule has 0 saturated carbocycles. The zero-order valence-electron chi connectivity index (χ0n) is 15.7. The van der Waals surface area contributed by atoms with Crippen LogP contribution in [0.2, 0.25) is 5.02 Å². The van der Waals surface area contributed by atoms with Crippen molar-refractivity contribution >= 4 is 23.5 Å². The smallest absolute Gasteiger partial charge is 0.228 e. The van der Waals surface area contributed by atoms with Crippen LogP contribution < -0.4 is 9.64 Å². The molecule has 4 rings (SSSR count). The summed E-state index contributed by atoms with van der Waals surface area (Å²) in [6.07, 6.45) is 2.46. The van der Waals surface area contributed by atoms with Gasteiger partial charge in [0.15, 0.2) is 0 Å². The van der Waals surface area contributed by atoms with Crippen molar-refractivity contribution < 1.29 is 9.53 Å². The van der Waals surface area contributed by atoms with Gasteiger partial charge < -0.3 is 14.5 Å². The fraction of sp³-hybridized carbons (Fsp3) is 0.474. The van der Waals surface area contributed by atoms with Crippen LogP contribution in [0.4, 0.5) is 5.95 Å². The summed E-state index contributed by atoms with van der Waals surface area (Å²) in [5.41, 5.74) is 3.91. The van der Waals surface area contributed by atoms with Crippen LogP contribution >= 0.6 is 11.6 Å². The van der Waals surface area contributed by atoms with Gasteiger partial charge in [-0.1, -0.05) is 11.6 Å². The van der Waals surface area contributed by atoms with Crippen LogP contribution in [0.1, 0.15) is 28.9 Å². The topological polar surface area (TPSA) is 71.5 Å². The number of aromatic nitrogens is 3. The van der Waals surface area contributed by atoms with Gasteiger partial charge in [-0.05, 0) is 31.4 Å². The maximum atomic E-state index is 13.1. The number of hydrogen-bond acceptors (Lipinski definition) is 6. The molecule has 2 aromatic heterocycles. The summed E-state index contributed by atoms with van der Waals surface area (Å²) in [6.45, 7) is 6.42. The van der Waals surface area contributed by atoms with Crippen LogP contribution in [-0.2, 0) is 17.9 Å². The van der Waals surface area contributed by atoms with Crippen molar-refractivity contribution in [2.75, 3.05) is 25.1 Å². The summed E-state index contributed by atoms with van der Waals surface area (Å²) >= 11 is 6.33. The van der Waals surface area contributed by atoms with Crippen molar-refractivity contribution in [1.82, 2.24) is 19.9 Å². The van der Waals surface area contributed by atoms with Gasteiger partial charge in [0.25, 0.3) is 0 Å². The summed E-state index contributed by atoms with van der Waals surface area (Å²) in [7, 11) is 1.58. The van der Waals surface area contributed by atoms with Crippen LogP contribution in [-0.4, -0.2) is 46.0 Å². The Morgan fingerprint density at radius 1 is 1.30 bits per heavy atom. The summed E-state index contributed by atoms with van der Waals surface area (Å²) in [6, 6.07) is 1.71. The van der Waals surface area contributed by atoms with Crippen molar-refractivity contribution in [1.29, 1.82) is 0 Å². The Morgan fingerprint density at radius 2 is 2.11 bits per heavy atom. The van der Waals surface area contributed by atoms with Gasteiger partial charge in [0.2, 0.25) is 17.7 Å². The van der Waals surface area contributed by atoms with E-state index in [1.165, 1.54) is 0 Å². The molecule has 2 aliphatic rings. The lowest BCUT2D eigenvalue weighted by Gasteiger charge is -2.20. The van der Waals surface area contributed by atoms with Gasteiger partial charge in [0.05, 0.1) is 36.0 Å². The van der Waals surface area contributed by atoms with Gasteiger partial charge >= 0.3 is 0 Å². The van der Waals surface area contributed by atoms with E-state index in [1.807, 2.05) is 23.6 Å². The van der Waals surface area contributed by atoms with Crippen molar-refractivity contribution in [3.05, 3.63) is 39.8 Å². The molecule has 2 aromatic rings. The lowest BCUT2D eigenvalue weighted by atomic mass is 10.1. The average molecular weight is 388 g/mol. The third-order valence-corrected chi connectivity index (χ3v) is 5.96. The van der Waals surface area contributed by atoms with E-state index in [4.69, 9.17) is 16.3 Å². The Balaban J connectivity index is 1.46. The Kier molecular flexibility index (Phi) is 4.63. The highest BCUT2D eigenvalue weighted by Crippen LogP contribution is 2.32. The number of ether oxygens (including phenoxy) is 1. The van der Waals surface area contributed by atoms with E-state index in [1.54, 1.807) is 19.4 Å². The van der Waals surface area contributed by atoms with Crippen molar-refractivity contribution in [2.45, 2.75) is 33.4 Å². The van der Waals surface area contributed by atoms with Gasteiger partial charge in [-0.3, -0.25) is 9.78 Å². The fourth-order valence-corrected chi connectivity index (χ4v) is 4.02. The SMILES string of the molecule is COc1ccnc(N2CCC(C(=O)N3Cc4nc(C)c(Cl)c(C)c4C3)C2)n1. The van der Waals surface area contributed by atoms with E-state index >= 15 is 0 Å². The maximum absolute atomic E-state index is 13.1. The molecule has 4 heterocycles.